The first-order chi connectivity index (χ1) is 10.9. The van der Waals surface area contributed by atoms with Gasteiger partial charge in [-0.15, -0.1) is 0 Å². The molecule has 1 N–H and O–H groups in total. The van der Waals surface area contributed by atoms with Crippen LogP contribution in [0.1, 0.15) is 20.8 Å². The highest BCUT2D eigenvalue weighted by atomic mass is 16.5. The van der Waals surface area contributed by atoms with Crippen LogP contribution in [0.2, 0.25) is 0 Å². The summed E-state index contributed by atoms with van der Waals surface area (Å²) in [7, 11) is 0. The molecule has 0 aliphatic rings. The molecule has 8 nitrogen and oxygen atoms in total. The molecule has 0 aromatic rings. The van der Waals surface area contributed by atoms with Gasteiger partial charge in [0.1, 0.15) is 0 Å². The van der Waals surface area contributed by atoms with E-state index in [9.17, 15) is 14.4 Å². The summed E-state index contributed by atoms with van der Waals surface area (Å²) in [5.41, 5.74) is -0.0829. The number of rotatable bonds is 12. The van der Waals surface area contributed by atoms with Gasteiger partial charge in [0.2, 0.25) is 0 Å². The molecule has 0 aromatic heterocycles. The first-order valence-corrected chi connectivity index (χ1v) is 7.43. The van der Waals surface area contributed by atoms with Crippen LogP contribution in [0.4, 0.5) is 0 Å². The molecule has 1 amide bonds. The van der Waals surface area contributed by atoms with Crippen molar-refractivity contribution in [3.8, 4) is 0 Å². The second-order valence-electron chi connectivity index (χ2n) is 4.52. The highest BCUT2D eigenvalue weighted by molar-refractivity contribution is 5.96. The Morgan fingerprint density at radius 1 is 1.04 bits per heavy atom. The van der Waals surface area contributed by atoms with Crippen LogP contribution in [0, 0.1) is 0 Å². The van der Waals surface area contributed by atoms with Gasteiger partial charge in [-0.25, -0.2) is 9.59 Å². The SMILES string of the molecule is CCOCCN(CCOCC)C(=O)COC(=O)C(C)=CC(=O)O. The Hall–Kier alpha value is -1.93. The van der Waals surface area contributed by atoms with E-state index in [2.05, 4.69) is 0 Å². The minimum atomic E-state index is -1.25. The summed E-state index contributed by atoms with van der Waals surface area (Å²) in [5.74, 6) is -2.47. The summed E-state index contributed by atoms with van der Waals surface area (Å²) in [4.78, 5) is 35.6. The summed E-state index contributed by atoms with van der Waals surface area (Å²) in [6, 6.07) is 0. The average molecular weight is 331 g/mol. The van der Waals surface area contributed by atoms with Gasteiger partial charge < -0.3 is 24.2 Å². The molecule has 0 spiro atoms. The Labute approximate surface area is 136 Å². The third-order valence-electron chi connectivity index (χ3n) is 2.76. The van der Waals surface area contributed by atoms with Crippen LogP contribution < -0.4 is 0 Å². The van der Waals surface area contributed by atoms with E-state index in [0.29, 0.717) is 39.5 Å². The van der Waals surface area contributed by atoms with Crippen molar-refractivity contribution in [2.24, 2.45) is 0 Å². The molecule has 0 aliphatic carbocycles. The number of nitrogens with zero attached hydrogens (tertiary/aromatic N) is 1. The first-order valence-electron chi connectivity index (χ1n) is 7.43. The van der Waals surface area contributed by atoms with E-state index in [1.165, 1.54) is 11.8 Å². The monoisotopic (exact) mass is 331 g/mol. The molecular weight excluding hydrogens is 306 g/mol. The molecule has 0 fully saturated rings. The molecule has 0 saturated heterocycles. The Morgan fingerprint density at radius 3 is 2.00 bits per heavy atom. The molecule has 0 unspecified atom stereocenters. The Bertz CT molecular complexity index is 410. The first kappa shape index (κ1) is 21.1. The lowest BCUT2D eigenvalue weighted by Crippen LogP contribution is -2.39. The minimum absolute atomic E-state index is 0.0829. The molecule has 0 rings (SSSR count). The molecular formula is C15H25NO7. The fourth-order valence-electron chi connectivity index (χ4n) is 1.58. The van der Waals surface area contributed by atoms with E-state index in [1.54, 1.807) is 0 Å². The van der Waals surface area contributed by atoms with Crippen LogP contribution in [0.15, 0.2) is 11.6 Å². The van der Waals surface area contributed by atoms with E-state index < -0.39 is 18.5 Å². The highest BCUT2D eigenvalue weighted by Crippen LogP contribution is 1.99. The van der Waals surface area contributed by atoms with Crippen LogP contribution in [-0.2, 0) is 28.6 Å². The van der Waals surface area contributed by atoms with Gasteiger partial charge in [-0.05, 0) is 20.8 Å². The maximum atomic E-state index is 12.1. The summed E-state index contributed by atoms with van der Waals surface area (Å²) in [6.07, 6.45) is 0.731. The lowest BCUT2D eigenvalue weighted by molar-refractivity contribution is -0.149. The number of carbonyl (C=O) groups excluding carboxylic acids is 2. The number of carboxylic acids is 1. The van der Waals surface area contributed by atoms with Gasteiger partial charge in [0.25, 0.3) is 5.91 Å². The van der Waals surface area contributed by atoms with Crippen LogP contribution in [0.25, 0.3) is 0 Å². The van der Waals surface area contributed by atoms with Crippen molar-refractivity contribution in [3.63, 3.8) is 0 Å². The van der Waals surface area contributed by atoms with E-state index in [1.807, 2.05) is 13.8 Å². The number of hydrogen-bond donors (Lipinski definition) is 1. The van der Waals surface area contributed by atoms with E-state index in [-0.39, 0.29) is 11.5 Å². The van der Waals surface area contributed by atoms with E-state index >= 15 is 0 Å². The lowest BCUT2D eigenvalue weighted by atomic mass is 10.3. The summed E-state index contributed by atoms with van der Waals surface area (Å²) in [5, 5.41) is 8.55. The molecule has 132 valence electrons. The number of esters is 1. The summed E-state index contributed by atoms with van der Waals surface area (Å²) >= 11 is 0. The van der Waals surface area contributed by atoms with Crippen molar-refractivity contribution in [1.29, 1.82) is 0 Å². The maximum absolute atomic E-state index is 12.1. The van der Waals surface area contributed by atoms with E-state index in [0.717, 1.165) is 6.08 Å². The molecule has 0 aromatic carbocycles. The Kier molecular flexibility index (Phi) is 11.5. The van der Waals surface area contributed by atoms with Crippen molar-refractivity contribution >= 4 is 17.8 Å². The zero-order valence-electron chi connectivity index (χ0n) is 13.9. The fourth-order valence-corrected chi connectivity index (χ4v) is 1.58. The van der Waals surface area contributed by atoms with Crippen LogP contribution in [0.3, 0.4) is 0 Å². The molecule has 23 heavy (non-hydrogen) atoms. The smallest absolute Gasteiger partial charge is 0.334 e. The molecule has 0 bridgehead atoms. The van der Waals surface area contributed by atoms with Gasteiger partial charge in [-0.3, -0.25) is 4.79 Å². The van der Waals surface area contributed by atoms with Gasteiger partial charge in [-0.1, -0.05) is 0 Å². The standard InChI is InChI=1S/C15H25NO7/c1-4-21-8-6-16(7-9-22-5-2)13(17)11-23-15(20)12(3)10-14(18)19/h10H,4-9,11H2,1-3H3,(H,18,19). The number of ether oxygens (including phenoxy) is 3. The third kappa shape index (κ3) is 10.4. The van der Waals surface area contributed by atoms with Crippen molar-refractivity contribution in [2.45, 2.75) is 20.8 Å². The number of amides is 1. The second-order valence-corrected chi connectivity index (χ2v) is 4.52. The molecule has 0 aliphatic heterocycles. The van der Waals surface area contributed by atoms with E-state index in [4.69, 9.17) is 19.3 Å². The quantitative estimate of drug-likeness (QED) is 0.315. The molecule has 8 heteroatoms. The van der Waals surface area contributed by atoms with Gasteiger partial charge in [-0.2, -0.15) is 0 Å². The maximum Gasteiger partial charge on any atom is 0.334 e. The van der Waals surface area contributed by atoms with Crippen LogP contribution >= 0.6 is 0 Å². The van der Waals surface area contributed by atoms with Crippen molar-refractivity contribution < 1.29 is 33.7 Å². The normalized spacial score (nSPS) is 11.2. The van der Waals surface area contributed by atoms with Crippen molar-refractivity contribution in [2.75, 3.05) is 46.1 Å². The largest absolute Gasteiger partial charge is 0.478 e. The minimum Gasteiger partial charge on any atom is -0.478 e. The van der Waals surface area contributed by atoms with Crippen LogP contribution in [0.5, 0.6) is 0 Å². The predicted octanol–water partition coefficient (Wildman–Crippen LogP) is 0.462. The number of carboxylic acid groups (broad SMARTS) is 1. The second kappa shape index (κ2) is 12.6. The van der Waals surface area contributed by atoms with Crippen molar-refractivity contribution in [3.05, 3.63) is 11.6 Å². The van der Waals surface area contributed by atoms with Gasteiger partial charge in [0, 0.05) is 38.0 Å². The van der Waals surface area contributed by atoms with Crippen molar-refractivity contribution in [1.82, 2.24) is 4.90 Å². The molecule has 0 saturated carbocycles. The zero-order chi connectivity index (χ0) is 17.7. The molecule has 0 heterocycles. The van der Waals surface area contributed by atoms with Crippen LogP contribution in [-0.4, -0.2) is 74.0 Å². The molecule has 0 atom stereocenters. The number of aliphatic carboxylic acids is 1. The lowest BCUT2D eigenvalue weighted by Gasteiger charge is -2.22. The van der Waals surface area contributed by atoms with Gasteiger partial charge >= 0.3 is 11.9 Å². The van der Waals surface area contributed by atoms with Gasteiger partial charge in [0.05, 0.1) is 13.2 Å². The topological polar surface area (TPSA) is 102 Å². The Morgan fingerprint density at radius 2 is 1.57 bits per heavy atom. The van der Waals surface area contributed by atoms with Gasteiger partial charge in [0.15, 0.2) is 6.61 Å². The summed E-state index contributed by atoms with van der Waals surface area (Å²) < 4.78 is 15.2. The number of carbonyl (C=O) groups is 3. The average Bonchev–Trinajstić information content (AvgIpc) is 2.50. The highest BCUT2D eigenvalue weighted by Gasteiger charge is 2.16. The summed E-state index contributed by atoms with van der Waals surface area (Å²) in [6.45, 7) is 7.12. The molecule has 0 radical (unpaired) electrons. The third-order valence-corrected chi connectivity index (χ3v) is 2.76. The fraction of sp³-hybridized carbons (Fsp3) is 0.667. The zero-order valence-corrected chi connectivity index (χ0v) is 13.9. The Balaban J connectivity index is 4.44. The number of hydrogen-bond acceptors (Lipinski definition) is 6. The predicted molar refractivity (Wildman–Crippen MR) is 81.9 cm³/mol.